The number of thiophene rings is 1. The molecule has 0 aliphatic rings. The molecule has 0 radical (unpaired) electrons. The molecule has 2 heterocycles. The van der Waals surface area contributed by atoms with E-state index in [1.54, 1.807) is 50.6 Å². The first-order chi connectivity index (χ1) is 12.4. The Labute approximate surface area is 164 Å². The second-order valence-corrected chi connectivity index (χ2v) is 7.98. The molecule has 134 valence electrons. The summed E-state index contributed by atoms with van der Waals surface area (Å²) in [6.07, 6.45) is 0. The Morgan fingerprint density at radius 2 is 2.00 bits per heavy atom. The summed E-state index contributed by atoms with van der Waals surface area (Å²) < 4.78 is 0. The van der Waals surface area contributed by atoms with Crippen molar-refractivity contribution in [2.45, 2.75) is 6.92 Å². The van der Waals surface area contributed by atoms with Crippen LogP contribution in [0.4, 0.5) is 5.69 Å². The number of hydrogen-bond donors (Lipinski definition) is 1. The second-order valence-electron chi connectivity index (χ2n) is 5.79. The zero-order valence-electron chi connectivity index (χ0n) is 14.4. The van der Waals surface area contributed by atoms with Gasteiger partial charge in [-0.15, -0.1) is 11.3 Å². The molecule has 5 nitrogen and oxygen atoms in total. The summed E-state index contributed by atoms with van der Waals surface area (Å²) in [6.45, 7) is 1.80. The fraction of sp³-hybridized carbons (Fsp3) is 0.167. The highest BCUT2D eigenvalue weighted by Gasteiger charge is 2.18. The van der Waals surface area contributed by atoms with Crippen LogP contribution in [0.15, 0.2) is 35.0 Å². The maximum atomic E-state index is 12.7. The molecule has 8 heteroatoms. The largest absolute Gasteiger partial charge is 0.345 e. The lowest BCUT2D eigenvalue weighted by molar-refractivity contribution is 0.0827. The SMILES string of the molecule is Cc1nc(-c2ccsc2)sc1C(=O)Nc1cc(C(=O)N(C)C)ccc1Cl. The third-order valence-electron chi connectivity index (χ3n) is 3.64. The lowest BCUT2D eigenvalue weighted by Crippen LogP contribution is -2.22. The number of aryl methyl sites for hydroxylation is 1. The summed E-state index contributed by atoms with van der Waals surface area (Å²) in [4.78, 5) is 31.3. The second kappa shape index (κ2) is 7.57. The molecule has 0 unspecified atom stereocenters. The average molecular weight is 406 g/mol. The first-order valence-electron chi connectivity index (χ1n) is 7.69. The van der Waals surface area contributed by atoms with Gasteiger partial charge in [-0.05, 0) is 36.6 Å². The molecule has 3 aromatic rings. The Morgan fingerprint density at radius 3 is 2.65 bits per heavy atom. The normalized spacial score (nSPS) is 10.6. The van der Waals surface area contributed by atoms with Gasteiger partial charge in [-0.1, -0.05) is 11.6 Å². The van der Waals surface area contributed by atoms with Crippen LogP contribution in [0, 0.1) is 6.92 Å². The third kappa shape index (κ3) is 3.80. The molecular formula is C18H16ClN3O2S2. The average Bonchev–Trinajstić information content (AvgIpc) is 3.25. The van der Waals surface area contributed by atoms with Crippen LogP contribution in [0.25, 0.3) is 10.6 Å². The van der Waals surface area contributed by atoms with E-state index in [2.05, 4.69) is 10.3 Å². The number of nitrogens with one attached hydrogen (secondary N) is 1. The summed E-state index contributed by atoms with van der Waals surface area (Å²) in [5.74, 6) is -0.455. The predicted molar refractivity (Wildman–Crippen MR) is 108 cm³/mol. The zero-order chi connectivity index (χ0) is 18.8. The van der Waals surface area contributed by atoms with Gasteiger partial charge in [0.15, 0.2) is 0 Å². The van der Waals surface area contributed by atoms with Crippen LogP contribution in [0.5, 0.6) is 0 Å². The fourth-order valence-electron chi connectivity index (χ4n) is 2.31. The number of halogens is 1. The van der Waals surface area contributed by atoms with Crippen molar-refractivity contribution in [3.8, 4) is 10.6 Å². The standard InChI is InChI=1S/C18H16ClN3O2S2/c1-10-15(26-17(20-10)12-6-7-25-9-12)16(23)21-14-8-11(4-5-13(14)19)18(24)22(2)3/h4-9H,1-3H3,(H,21,23). The summed E-state index contributed by atoms with van der Waals surface area (Å²) in [5, 5.41) is 7.93. The zero-order valence-corrected chi connectivity index (χ0v) is 16.8. The summed E-state index contributed by atoms with van der Waals surface area (Å²) >= 11 is 9.10. The highest BCUT2D eigenvalue weighted by atomic mass is 35.5. The van der Waals surface area contributed by atoms with E-state index < -0.39 is 0 Å². The van der Waals surface area contributed by atoms with E-state index in [1.165, 1.54) is 16.2 Å². The minimum absolute atomic E-state index is 0.161. The molecular weight excluding hydrogens is 390 g/mol. The molecule has 0 atom stereocenters. The van der Waals surface area contributed by atoms with Crippen molar-refractivity contribution < 1.29 is 9.59 Å². The van der Waals surface area contributed by atoms with Crippen LogP contribution in [0.1, 0.15) is 25.7 Å². The van der Waals surface area contributed by atoms with E-state index in [9.17, 15) is 9.59 Å². The molecule has 0 saturated heterocycles. The van der Waals surface area contributed by atoms with Crippen LogP contribution >= 0.6 is 34.3 Å². The minimum atomic E-state index is -0.294. The Balaban J connectivity index is 1.87. The molecule has 0 spiro atoms. The summed E-state index contributed by atoms with van der Waals surface area (Å²) in [5.41, 5.74) is 2.51. The van der Waals surface area contributed by atoms with Crippen molar-refractivity contribution in [1.82, 2.24) is 9.88 Å². The van der Waals surface area contributed by atoms with Crippen molar-refractivity contribution in [3.05, 3.63) is 56.2 Å². The van der Waals surface area contributed by atoms with Gasteiger partial charge in [0.2, 0.25) is 0 Å². The highest BCUT2D eigenvalue weighted by Crippen LogP contribution is 2.31. The van der Waals surface area contributed by atoms with E-state index in [-0.39, 0.29) is 11.8 Å². The number of carbonyl (C=O) groups excluding carboxylic acids is 2. The number of thiazole rings is 1. The molecule has 0 fully saturated rings. The number of hydrogen-bond acceptors (Lipinski definition) is 5. The van der Waals surface area contributed by atoms with Gasteiger partial charge in [0.1, 0.15) is 9.88 Å². The van der Waals surface area contributed by atoms with Gasteiger partial charge < -0.3 is 10.2 Å². The van der Waals surface area contributed by atoms with Gasteiger partial charge >= 0.3 is 0 Å². The molecule has 0 bridgehead atoms. The number of carbonyl (C=O) groups is 2. The Bertz CT molecular complexity index is 965. The molecule has 2 amide bonds. The molecule has 2 aromatic heterocycles. The maximum Gasteiger partial charge on any atom is 0.267 e. The van der Waals surface area contributed by atoms with Crippen molar-refractivity contribution in [1.29, 1.82) is 0 Å². The van der Waals surface area contributed by atoms with Gasteiger partial charge in [-0.2, -0.15) is 11.3 Å². The van der Waals surface area contributed by atoms with Crippen molar-refractivity contribution in [2.75, 3.05) is 19.4 Å². The topological polar surface area (TPSA) is 62.3 Å². The number of nitrogens with zero attached hydrogens (tertiary/aromatic N) is 2. The monoisotopic (exact) mass is 405 g/mol. The highest BCUT2D eigenvalue weighted by molar-refractivity contribution is 7.17. The summed E-state index contributed by atoms with van der Waals surface area (Å²) in [7, 11) is 3.34. The molecule has 0 aliphatic carbocycles. The molecule has 1 N–H and O–H groups in total. The summed E-state index contributed by atoms with van der Waals surface area (Å²) in [6, 6.07) is 6.79. The molecule has 0 saturated carbocycles. The van der Waals surface area contributed by atoms with Crippen LogP contribution in [0.2, 0.25) is 5.02 Å². The van der Waals surface area contributed by atoms with E-state index in [0.29, 0.717) is 26.8 Å². The van der Waals surface area contributed by atoms with Crippen LogP contribution in [-0.4, -0.2) is 35.8 Å². The molecule has 1 aromatic carbocycles. The van der Waals surface area contributed by atoms with Crippen molar-refractivity contribution in [2.24, 2.45) is 0 Å². The Kier molecular flexibility index (Phi) is 5.41. The third-order valence-corrected chi connectivity index (χ3v) is 5.86. The predicted octanol–water partition coefficient (Wildman–Crippen LogP) is 4.79. The van der Waals surface area contributed by atoms with Crippen LogP contribution in [-0.2, 0) is 0 Å². The van der Waals surface area contributed by atoms with E-state index >= 15 is 0 Å². The van der Waals surface area contributed by atoms with Gasteiger partial charge in [-0.3, -0.25) is 9.59 Å². The van der Waals surface area contributed by atoms with Crippen molar-refractivity contribution >= 4 is 51.8 Å². The number of anilines is 1. The van der Waals surface area contributed by atoms with E-state index in [4.69, 9.17) is 11.6 Å². The van der Waals surface area contributed by atoms with E-state index in [1.807, 2.05) is 16.8 Å². The smallest absolute Gasteiger partial charge is 0.267 e. The van der Waals surface area contributed by atoms with Crippen LogP contribution in [0.3, 0.4) is 0 Å². The lowest BCUT2D eigenvalue weighted by atomic mass is 10.1. The number of aromatic nitrogens is 1. The van der Waals surface area contributed by atoms with Crippen LogP contribution < -0.4 is 5.32 Å². The molecule has 26 heavy (non-hydrogen) atoms. The number of rotatable bonds is 4. The lowest BCUT2D eigenvalue weighted by Gasteiger charge is -2.12. The minimum Gasteiger partial charge on any atom is -0.345 e. The van der Waals surface area contributed by atoms with Crippen molar-refractivity contribution in [3.63, 3.8) is 0 Å². The van der Waals surface area contributed by atoms with E-state index in [0.717, 1.165) is 10.6 Å². The molecule has 3 rings (SSSR count). The first kappa shape index (κ1) is 18.6. The fourth-order valence-corrected chi connectivity index (χ4v) is 4.15. The Morgan fingerprint density at radius 1 is 1.23 bits per heavy atom. The number of amides is 2. The van der Waals surface area contributed by atoms with Gasteiger partial charge in [0.05, 0.1) is 16.4 Å². The van der Waals surface area contributed by atoms with Gasteiger partial charge in [0, 0.05) is 30.6 Å². The number of benzene rings is 1. The molecule has 0 aliphatic heterocycles. The Hall–Kier alpha value is -2.22. The van der Waals surface area contributed by atoms with Gasteiger partial charge in [0.25, 0.3) is 11.8 Å². The quantitative estimate of drug-likeness (QED) is 0.678. The maximum absolute atomic E-state index is 12.7. The van der Waals surface area contributed by atoms with Gasteiger partial charge in [-0.25, -0.2) is 4.98 Å². The first-order valence-corrected chi connectivity index (χ1v) is 9.83.